The Labute approximate surface area is 158 Å². The van der Waals surface area contributed by atoms with Gasteiger partial charge in [0.25, 0.3) is 0 Å². The number of carbonyl (C=O) groups excluding carboxylic acids is 2. The van der Waals surface area contributed by atoms with E-state index in [0.717, 1.165) is 5.56 Å². The van der Waals surface area contributed by atoms with Crippen LogP contribution in [-0.2, 0) is 9.53 Å². The number of halogens is 2. The fraction of sp³-hybridized carbons (Fsp3) is 0.529. The van der Waals surface area contributed by atoms with Crippen molar-refractivity contribution in [3.63, 3.8) is 0 Å². The highest BCUT2D eigenvalue weighted by Crippen LogP contribution is 2.26. The topological polar surface area (TPSA) is 61.9 Å². The first kappa shape index (κ1) is 19.8. The Balaban J connectivity index is 1.80. The molecule has 0 unspecified atom stereocenters. The van der Waals surface area contributed by atoms with Gasteiger partial charge in [0.15, 0.2) is 0 Å². The summed E-state index contributed by atoms with van der Waals surface area (Å²) in [7, 11) is 0. The van der Waals surface area contributed by atoms with Gasteiger partial charge >= 0.3 is 6.09 Å². The predicted molar refractivity (Wildman–Crippen MR) is 98.1 cm³/mol. The van der Waals surface area contributed by atoms with Crippen molar-refractivity contribution in [3.8, 4) is 0 Å². The van der Waals surface area contributed by atoms with E-state index in [-0.39, 0.29) is 24.6 Å². The van der Waals surface area contributed by atoms with Crippen LogP contribution in [0, 0.1) is 0 Å². The number of ether oxygens (including phenoxy) is 1. The van der Waals surface area contributed by atoms with Crippen LogP contribution >= 0.6 is 23.2 Å². The lowest BCUT2D eigenvalue weighted by Crippen LogP contribution is -2.51. The molecule has 1 aliphatic rings. The number of hydrogen-bond acceptors (Lipinski definition) is 4. The summed E-state index contributed by atoms with van der Waals surface area (Å²) < 4.78 is 4.99. The normalized spacial score (nSPS) is 16.4. The summed E-state index contributed by atoms with van der Waals surface area (Å²) >= 11 is 12.1. The van der Waals surface area contributed by atoms with E-state index in [4.69, 9.17) is 27.9 Å². The Bertz CT molecular complexity index is 619. The molecule has 2 amide bonds. The molecule has 2 rings (SSSR count). The number of amides is 2. The van der Waals surface area contributed by atoms with Crippen molar-refractivity contribution >= 4 is 35.2 Å². The maximum atomic E-state index is 12.3. The van der Waals surface area contributed by atoms with Gasteiger partial charge < -0.3 is 15.0 Å². The van der Waals surface area contributed by atoms with E-state index in [9.17, 15) is 9.59 Å². The zero-order valence-corrected chi connectivity index (χ0v) is 15.9. The van der Waals surface area contributed by atoms with Crippen molar-refractivity contribution in [3.05, 3.63) is 33.8 Å². The molecule has 1 saturated heterocycles. The molecular weight excluding hydrogens is 365 g/mol. The van der Waals surface area contributed by atoms with Crippen LogP contribution in [0.25, 0.3) is 0 Å². The second kappa shape index (κ2) is 9.27. The van der Waals surface area contributed by atoms with Gasteiger partial charge in [-0.25, -0.2) is 4.79 Å². The van der Waals surface area contributed by atoms with Gasteiger partial charge in [0.05, 0.1) is 19.2 Å². The molecule has 1 aromatic carbocycles. The molecule has 1 aliphatic heterocycles. The maximum Gasteiger partial charge on any atom is 0.409 e. The quantitative estimate of drug-likeness (QED) is 0.843. The minimum atomic E-state index is -0.294. The van der Waals surface area contributed by atoms with Crippen molar-refractivity contribution in [2.75, 3.05) is 39.3 Å². The molecule has 8 heteroatoms. The molecule has 0 aliphatic carbocycles. The molecule has 138 valence electrons. The van der Waals surface area contributed by atoms with Gasteiger partial charge in [-0.1, -0.05) is 29.3 Å². The highest BCUT2D eigenvalue weighted by Gasteiger charge is 2.23. The van der Waals surface area contributed by atoms with E-state index in [2.05, 4.69) is 5.32 Å². The van der Waals surface area contributed by atoms with Gasteiger partial charge in [-0.05, 0) is 31.5 Å². The zero-order valence-electron chi connectivity index (χ0n) is 14.4. The lowest BCUT2D eigenvalue weighted by atomic mass is 10.1. The Morgan fingerprint density at radius 2 is 1.92 bits per heavy atom. The minimum absolute atomic E-state index is 0.0805. The van der Waals surface area contributed by atoms with E-state index in [1.807, 2.05) is 17.9 Å². The Hall–Kier alpha value is -1.50. The molecule has 25 heavy (non-hydrogen) atoms. The molecule has 0 bridgehead atoms. The number of hydrogen-bond donors (Lipinski definition) is 1. The first-order valence-electron chi connectivity index (χ1n) is 8.29. The Morgan fingerprint density at radius 1 is 1.24 bits per heavy atom. The molecule has 1 fully saturated rings. The van der Waals surface area contributed by atoms with Crippen molar-refractivity contribution in [2.24, 2.45) is 0 Å². The van der Waals surface area contributed by atoms with Gasteiger partial charge in [-0.3, -0.25) is 9.69 Å². The van der Waals surface area contributed by atoms with Crippen LogP contribution < -0.4 is 5.32 Å². The summed E-state index contributed by atoms with van der Waals surface area (Å²) in [6, 6.07) is 5.02. The highest BCUT2D eigenvalue weighted by atomic mass is 35.5. The van der Waals surface area contributed by atoms with Crippen LogP contribution in [0.5, 0.6) is 0 Å². The summed E-state index contributed by atoms with van der Waals surface area (Å²) in [6.45, 7) is 6.72. The average Bonchev–Trinajstić information content (AvgIpc) is 2.55. The molecule has 0 radical (unpaired) electrons. The zero-order chi connectivity index (χ0) is 18.4. The van der Waals surface area contributed by atoms with Crippen molar-refractivity contribution in [2.45, 2.75) is 19.9 Å². The van der Waals surface area contributed by atoms with Crippen LogP contribution in [0.2, 0.25) is 10.0 Å². The lowest BCUT2D eigenvalue weighted by molar-refractivity contribution is -0.123. The monoisotopic (exact) mass is 387 g/mol. The third-order valence-electron chi connectivity index (χ3n) is 4.07. The molecule has 0 aromatic heterocycles. The first-order valence-corrected chi connectivity index (χ1v) is 9.04. The second-order valence-corrected chi connectivity index (χ2v) is 6.76. The molecule has 0 spiro atoms. The van der Waals surface area contributed by atoms with Crippen molar-refractivity contribution < 1.29 is 14.3 Å². The Morgan fingerprint density at radius 3 is 2.52 bits per heavy atom. The number of rotatable bonds is 5. The van der Waals surface area contributed by atoms with Crippen LogP contribution in [-0.4, -0.2) is 61.1 Å². The summed E-state index contributed by atoms with van der Waals surface area (Å²) in [5.74, 6) is -0.0805. The second-order valence-electron chi connectivity index (χ2n) is 5.92. The van der Waals surface area contributed by atoms with E-state index >= 15 is 0 Å². The smallest absolute Gasteiger partial charge is 0.409 e. The fourth-order valence-electron chi connectivity index (χ4n) is 2.72. The number of carbonyl (C=O) groups is 2. The van der Waals surface area contributed by atoms with E-state index in [1.54, 1.807) is 24.0 Å². The number of nitrogens with one attached hydrogen (secondary N) is 1. The largest absolute Gasteiger partial charge is 0.450 e. The van der Waals surface area contributed by atoms with Gasteiger partial charge in [-0.15, -0.1) is 0 Å². The fourth-order valence-corrected chi connectivity index (χ4v) is 3.30. The molecule has 1 aromatic rings. The van der Waals surface area contributed by atoms with E-state index in [0.29, 0.717) is 42.8 Å². The summed E-state index contributed by atoms with van der Waals surface area (Å²) in [6.07, 6.45) is -0.294. The maximum absolute atomic E-state index is 12.3. The van der Waals surface area contributed by atoms with E-state index in [1.165, 1.54) is 0 Å². The Kier molecular flexibility index (Phi) is 7.35. The third-order valence-corrected chi connectivity index (χ3v) is 4.63. The molecule has 1 atom stereocenters. The van der Waals surface area contributed by atoms with Crippen LogP contribution in [0.1, 0.15) is 25.5 Å². The molecule has 0 saturated carbocycles. The van der Waals surface area contributed by atoms with Crippen LogP contribution in [0.4, 0.5) is 4.79 Å². The number of piperazine rings is 1. The average molecular weight is 388 g/mol. The number of nitrogens with zero attached hydrogens (tertiary/aromatic N) is 2. The third kappa shape index (κ3) is 5.76. The predicted octanol–water partition coefficient (Wildman–Crippen LogP) is 2.94. The summed E-state index contributed by atoms with van der Waals surface area (Å²) in [5, 5.41) is 4.04. The van der Waals surface area contributed by atoms with Crippen LogP contribution in [0.15, 0.2) is 18.2 Å². The molecule has 6 nitrogen and oxygen atoms in total. The van der Waals surface area contributed by atoms with Crippen molar-refractivity contribution in [1.29, 1.82) is 0 Å². The highest BCUT2D eigenvalue weighted by molar-refractivity contribution is 6.35. The van der Waals surface area contributed by atoms with Gasteiger partial charge in [-0.2, -0.15) is 0 Å². The lowest BCUT2D eigenvalue weighted by Gasteiger charge is -2.33. The summed E-state index contributed by atoms with van der Waals surface area (Å²) in [5.41, 5.74) is 0.826. The van der Waals surface area contributed by atoms with Gasteiger partial charge in [0.1, 0.15) is 0 Å². The summed E-state index contributed by atoms with van der Waals surface area (Å²) in [4.78, 5) is 27.6. The first-order chi connectivity index (χ1) is 11.9. The van der Waals surface area contributed by atoms with Gasteiger partial charge in [0.2, 0.25) is 5.91 Å². The SMILES string of the molecule is CCOC(=O)N1CCN(CC(=O)N[C@H](C)c2ccc(Cl)cc2Cl)CC1. The number of benzene rings is 1. The van der Waals surface area contributed by atoms with Crippen LogP contribution in [0.3, 0.4) is 0 Å². The standard InChI is InChI=1S/C17H23Cl2N3O3/c1-3-25-17(24)22-8-6-21(7-9-22)11-16(23)20-12(2)14-5-4-13(18)10-15(14)19/h4-5,10,12H,3,6-9,11H2,1-2H3,(H,20,23)/t12-/m1/s1. The molecule has 1 N–H and O–H groups in total. The minimum Gasteiger partial charge on any atom is -0.450 e. The molecular formula is C17H23Cl2N3O3. The van der Waals surface area contributed by atoms with E-state index < -0.39 is 0 Å². The van der Waals surface area contributed by atoms with Crippen molar-refractivity contribution in [1.82, 2.24) is 15.1 Å². The van der Waals surface area contributed by atoms with Gasteiger partial charge in [0, 0.05) is 36.2 Å². The molecule has 1 heterocycles.